The number of hydrogen-bond acceptors (Lipinski definition) is 0. The lowest BCUT2D eigenvalue weighted by molar-refractivity contribution is 1.59. The largest absolute Gasteiger partial charge is 0.0622 e. The molecule has 308 valence electrons. The first kappa shape index (κ1) is 39.0. The van der Waals surface area contributed by atoms with E-state index in [1.54, 1.807) is 0 Å². The van der Waals surface area contributed by atoms with Crippen molar-refractivity contribution >= 4 is 55.2 Å². The van der Waals surface area contributed by atoms with Crippen LogP contribution in [0, 0.1) is 0 Å². The quantitative estimate of drug-likeness (QED) is 0.106. The van der Waals surface area contributed by atoms with E-state index in [9.17, 15) is 0 Å². The first-order valence-electron chi connectivity index (χ1n) is 22.8. The monoisotopic (exact) mass is 836 g/mol. The highest BCUT2D eigenvalue weighted by atomic mass is 14.2. The van der Waals surface area contributed by atoms with E-state index in [1.165, 1.54) is 110 Å². The van der Waals surface area contributed by atoms with Gasteiger partial charge in [-0.1, -0.05) is 261 Å². The summed E-state index contributed by atoms with van der Waals surface area (Å²) in [5.74, 6) is 0. The zero-order chi connectivity index (χ0) is 43.8. The van der Waals surface area contributed by atoms with Gasteiger partial charge < -0.3 is 0 Å². The fraction of sp³-hybridized carbons (Fsp3) is 0. The Kier molecular flexibility index (Phi) is 9.97. The van der Waals surface area contributed by atoms with Crippen molar-refractivity contribution in [2.24, 2.45) is 0 Å². The molecule has 0 aliphatic carbocycles. The van der Waals surface area contributed by atoms with Gasteiger partial charge in [0, 0.05) is 0 Å². The minimum Gasteiger partial charge on any atom is -0.0622 e. The average Bonchev–Trinajstić information content (AvgIpc) is 3.39. The summed E-state index contributed by atoms with van der Waals surface area (Å²) in [7, 11) is 0. The lowest BCUT2D eigenvalue weighted by Gasteiger charge is -2.20. The van der Waals surface area contributed by atoms with Crippen molar-refractivity contribution in [3.05, 3.63) is 266 Å². The molecular formula is C66H44. The van der Waals surface area contributed by atoms with Crippen molar-refractivity contribution < 1.29 is 0 Å². The molecule has 12 rings (SSSR count). The molecule has 12 aromatic rings. The van der Waals surface area contributed by atoms with E-state index in [0.717, 1.165) is 11.1 Å². The number of fused-ring (bicyclic) bond motifs is 4. The lowest BCUT2D eigenvalue weighted by atomic mass is 9.83. The fourth-order valence-corrected chi connectivity index (χ4v) is 10.4. The maximum atomic E-state index is 2.33. The standard InChI is InChI=1S/C66H44/c1-4-21-48(22-5-1)62-56-31-13-16-34-59(56)65(60-35-17-14-32-57(60)62)54-29-11-10-28-52(54)47-42-40-45(41-43-47)38-39-46-20-18-27-51(44-46)53-36-19-37-61-63(49-23-6-2-7-24-49)55-30-12-15-33-58(55)64(66(53)61)50-25-8-3-9-26-50/h1-44H. The highest BCUT2D eigenvalue weighted by Crippen LogP contribution is 2.48. The molecule has 0 aromatic heterocycles. The van der Waals surface area contributed by atoms with Crippen LogP contribution < -0.4 is 0 Å². The van der Waals surface area contributed by atoms with Gasteiger partial charge in [0.15, 0.2) is 0 Å². The van der Waals surface area contributed by atoms with Crippen LogP contribution in [0.3, 0.4) is 0 Å². The third kappa shape index (κ3) is 6.88. The zero-order valence-electron chi connectivity index (χ0n) is 36.4. The summed E-state index contributed by atoms with van der Waals surface area (Å²) in [4.78, 5) is 0. The molecule has 0 radical (unpaired) electrons. The Morgan fingerprint density at radius 1 is 0.197 bits per heavy atom. The van der Waals surface area contributed by atoms with Crippen LogP contribution >= 0.6 is 0 Å². The molecule has 0 unspecified atom stereocenters. The van der Waals surface area contributed by atoms with Gasteiger partial charge in [-0.3, -0.25) is 0 Å². The number of rotatable bonds is 8. The van der Waals surface area contributed by atoms with E-state index in [0.29, 0.717) is 0 Å². The normalized spacial score (nSPS) is 11.6. The molecule has 0 saturated carbocycles. The van der Waals surface area contributed by atoms with Crippen molar-refractivity contribution in [3.8, 4) is 66.8 Å². The van der Waals surface area contributed by atoms with E-state index in [1.807, 2.05) is 0 Å². The van der Waals surface area contributed by atoms with E-state index < -0.39 is 0 Å². The van der Waals surface area contributed by atoms with Gasteiger partial charge in [0.25, 0.3) is 0 Å². The second-order valence-electron chi connectivity index (χ2n) is 17.1. The molecule has 0 aliphatic heterocycles. The van der Waals surface area contributed by atoms with Crippen molar-refractivity contribution in [2.75, 3.05) is 0 Å². The van der Waals surface area contributed by atoms with Crippen molar-refractivity contribution in [3.63, 3.8) is 0 Å². The Bertz CT molecular complexity index is 3710. The second kappa shape index (κ2) is 16.8. The third-order valence-corrected chi connectivity index (χ3v) is 13.3. The Labute approximate surface area is 386 Å². The van der Waals surface area contributed by atoms with E-state index in [4.69, 9.17) is 0 Å². The second-order valence-corrected chi connectivity index (χ2v) is 17.1. The van der Waals surface area contributed by atoms with Crippen LogP contribution in [0.15, 0.2) is 255 Å². The summed E-state index contributed by atoms with van der Waals surface area (Å²) >= 11 is 0. The molecule has 0 aliphatic rings. The molecule has 0 spiro atoms. The Morgan fingerprint density at radius 3 is 1.14 bits per heavy atom. The van der Waals surface area contributed by atoms with Gasteiger partial charge in [0.2, 0.25) is 0 Å². The molecule has 0 N–H and O–H groups in total. The van der Waals surface area contributed by atoms with Crippen molar-refractivity contribution in [1.29, 1.82) is 0 Å². The first-order chi connectivity index (χ1) is 32.8. The first-order valence-corrected chi connectivity index (χ1v) is 22.8. The Hall–Kier alpha value is -8.58. The molecule has 0 heteroatoms. The fourth-order valence-electron chi connectivity index (χ4n) is 10.4. The van der Waals surface area contributed by atoms with Gasteiger partial charge in [-0.15, -0.1) is 0 Å². The van der Waals surface area contributed by atoms with Crippen LogP contribution in [0.25, 0.3) is 122 Å². The summed E-state index contributed by atoms with van der Waals surface area (Å²) in [5, 5.41) is 10.1. The molecule has 0 heterocycles. The van der Waals surface area contributed by atoms with Crippen LogP contribution in [-0.4, -0.2) is 0 Å². The predicted molar refractivity (Wildman–Crippen MR) is 284 cm³/mol. The third-order valence-electron chi connectivity index (χ3n) is 13.3. The van der Waals surface area contributed by atoms with Gasteiger partial charge in [0.1, 0.15) is 0 Å². The molecule has 0 nitrogen and oxygen atoms in total. The van der Waals surface area contributed by atoms with E-state index in [-0.39, 0.29) is 0 Å². The van der Waals surface area contributed by atoms with Crippen LogP contribution in [0.1, 0.15) is 11.1 Å². The molecule has 66 heavy (non-hydrogen) atoms. The van der Waals surface area contributed by atoms with Gasteiger partial charge in [-0.05, 0) is 127 Å². The molecule has 0 atom stereocenters. The topological polar surface area (TPSA) is 0 Å². The molecule has 0 bridgehead atoms. The summed E-state index contributed by atoms with van der Waals surface area (Å²) in [5.41, 5.74) is 17.1. The van der Waals surface area contributed by atoms with E-state index >= 15 is 0 Å². The van der Waals surface area contributed by atoms with Gasteiger partial charge in [-0.2, -0.15) is 0 Å². The van der Waals surface area contributed by atoms with E-state index in [2.05, 4.69) is 267 Å². The van der Waals surface area contributed by atoms with Crippen LogP contribution in [0.2, 0.25) is 0 Å². The van der Waals surface area contributed by atoms with Crippen LogP contribution in [-0.2, 0) is 0 Å². The maximum absolute atomic E-state index is 2.33. The number of hydrogen-bond donors (Lipinski definition) is 0. The highest BCUT2D eigenvalue weighted by molar-refractivity contribution is 6.25. The van der Waals surface area contributed by atoms with Gasteiger partial charge in [0.05, 0.1) is 0 Å². The van der Waals surface area contributed by atoms with Crippen molar-refractivity contribution in [2.45, 2.75) is 0 Å². The average molecular weight is 837 g/mol. The Morgan fingerprint density at radius 2 is 0.576 bits per heavy atom. The minimum atomic E-state index is 1.15. The SMILES string of the molecule is C(=Cc1cccc(-c2cccc3c(-c4ccccc4)c4ccccc4c(-c4ccccc4)c23)c1)c1ccc(-c2ccccc2-c2c3ccccc3c(-c3ccccc3)c3ccccc23)cc1. The predicted octanol–water partition coefficient (Wildman–Crippen LogP) is 18.5. The smallest absolute Gasteiger partial charge is 0.00141 e. The van der Waals surface area contributed by atoms with Gasteiger partial charge in [-0.25, -0.2) is 0 Å². The van der Waals surface area contributed by atoms with Crippen LogP contribution in [0.4, 0.5) is 0 Å². The zero-order valence-corrected chi connectivity index (χ0v) is 36.4. The lowest BCUT2D eigenvalue weighted by Crippen LogP contribution is -1.93. The summed E-state index contributed by atoms with van der Waals surface area (Å²) < 4.78 is 0. The molecule has 0 saturated heterocycles. The van der Waals surface area contributed by atoms with Gasteiger partial charge >= 0.3 is 0 Å². The maximum Gasteiger partial charge on any atom is -0.00141 e. The Balaban J connectivity index is 0.927. The summed E-state index contributed by atoms with van der Waals surface area (Å²) in [6.45, 7) is 0. The van der Waals surface area contributed by atoms with Crippen LogP contribution in [0.5, 0.6) is 0 Å². The van der Waals surface area contributed by atoms with Crippen molar-refractivity contribution in [1.82, 2.24) is 0 Å². The summed E-state index contributed by atoms with van der Waals surface area (Å²) in [6.07, 6.45) is 4.48. The number of benzene rings is 12. The molecule has 0 amide bonds. The summed E-state index contributed by atoms with van der Waals surface area (Å²) in [6, 6.07) is 93.0. The minimum absolute atomic E-state index is 1.15. The molecule has 12 aromatic carbocycles. The molecule has 0 fully saturated rings. The molecular weight excluding hydrogens is 793 g/mol. The highest BCUT2D eigenvalue weighted by Gasteiger charge is 2.21.